The number of rotatable bonds is 10. The Morgan fingerprint density at radius 3 is 2.58 bits per heavy atom. The van der Waals surface area contributed by atoms with Gasteiger partial charge < -0.3 is 20.9 Å². The highest BCUT2D eigenvalue weighted by atomic mass is 16.2. The molecule has 1 aliphatic rings. The highest BCUT2D eigenvalue weighted by Crippen LogP contribution is 2.28. The number of amides is 1. The summed E-state index contributed by atoms with van der Waals surface area (Å²) < 4.78 is 0. The van der Waals surface area contributed by atoms with E-state index >= 15 is 0 Å². The van der Waals surface area contributed by atoms with E-state index in [4.69, 9.17) is 0 Å². The van der Waals surface area contributed by atoms with Crippen LogP contribution < -0.4 is 16.0 Å². The summed E-state index contributed by atoms with van der Waals surface area (Å²) in [5.41, 5.74) is 2.51. The van der Waals surface area contributed by atoms with E-state index in [9.17, 15) is 4.79 Å². The van der Waals surface area contributed by atoms with Gasteiger partial charge in [0, 0.05) is 32.1 Å². The number of benzene rings is 1. The molecule has 0 atom stereocenters. The van der Waals surface area contributed by atoms with E-state index in [1.54, 1.807) is 0 Å². The molecule has 0 aliphatic heterocycles. The minimum atomic E-state index is 0.183. The fourth-order valence-corrected chi connectivity index (χ4v) is 2.62. The van der Waals surface area contributed by atoms with Crippen molar-refractivity contribution in [2.45, 2.75) is 39.8 Å². The molecule has 1 saturated carbocycles. The van der Waals surface area contributed by atoms with Crippen molar-refractivity contribution in [3.05, 3.63) is 35.4 Å². The Balaban J connectivity index is 1.81. The fraction of sp³-hybridized carbons (Fsp3) is 0.600. The average Bonchev–Trinajstić information content (AvgIpc) is 3.48. The number of nitrogens with one attached hydrogen (secondary N) is 3. The lowest BCUT2D eigenvalue weighted by molar-refractivity contribution is -0.122. The number of hydrogen-bond donors (Lipinski definition) is 3. The third-order valence-electron chi connectivity index (χ3n) is 4.41. The van der Waals surface area contributed by atoms with Crippen LogP contribution in [0.2, 0.25) is 0 Å². The lowest BCUT2D eigenvalue weighted by atomic mass is 10.1. The molecule has 26 heavy (non-hydrogen) atoms. The van der Waals surface area contributed by atoms with Gasteiger partial charge >= 0.3 is 0 Å². The maximum absolute atomic E-state index is 11.6. The van der Waals surface area contributed by atoms with Gasteiger partial charge in [-0.2, -0.15) is 0 Å². The predicted molar refractivity (Wildman–Crippen MR) is 107 cm³/mol. The number of guanidine groups is 1. The highest BCUT2D eigenvalue weighted by molar-refractivity contribution is 5.81. The summed E-state index contributed by atoms with van der Waals surface area (Å²) in [5.74, 6) is 1.22. The molecule has 0 radical (unpaired) electrons. The molecule has 1 aromatic carbocycles. The molecule has 1 aliphatic carbocycles. The van der Waals surface area contributed by atoms with Gasteiger partial charge in [-0.05, 0) is 44.5 Å². The number of carbonyl (C=O) groups is 1. The summed E-state index contributed by atoms with van der Waals surface area (Å²) >= 11 is 0. The molecule has 1 amide bonds. The number of nitrogens with zero attached hydrogens (tertiary/aromatic N) is 2. The Bertz CT molecular complexity index is 598. The first-order chi connectivity index (χ1) is 12.6. The minimum Gasteiger partial charge on any atom is -0.357 e. The zero-order valence-corrected chi connectivity index (χ0v) is 16.3. The van der Waals surface area contributed by atoms with E-state index < -0.39 is 0 Å². The van der Waals surface area contributed by atoms with E-state index in [1.165, 1.54) is 11.1 Å². The van der Waals surface area contributed by atoms with Crippen LogP contribution in [-0.2, 0) is 17.9 Å². The van der Waals surface area contributed by atoms with E-state index in [2.05, 4.69) is 64.1 Å². The van der Waals surface area contributed by atoms with Crippen molar-refractivity contribution in [3.63, 3.8) is 0 Å². The van der Waals surface area contributed by atoms with Gasteiger partial charge in [0.05, 0.1) is 6.54 Å². The SMILES string of the molecule is CCNC(=NCc1cccc(CN(C)CC)c1)NCCNC(=O)C1CC1. The lowest BCUT2D eigenvalue weighted by Crippen LogP contribution is -2.41. The molecule has 0 aromatic heterocycles. The quantitative estimate of drug-likeness (QED) is 0.338. The molecule has 1 fully saturated rings. The maximum Gasteiger partial charge on any atom is 0.223 e. The Labute approximate surface area is 157 Å². The Morgan fingerprint density at radius 2 is 1.88 bits per heavy atom. The van der Waals surface area contributed by atoms with Gasteiger partial charge in [-0.1, -0.05) is 31.2 Å². The molecule has 0 heterocycles. The summed E-state index contributed by atoms with van der Waals surface area (Å²) in [4.78, 5) is 18.6. The molecule has 3 N–H and O–H groups in total. The van der Waals surface area contributed by atoms with Gasteiger partial charge in [0.2, 0.25) is 5.91 Å². The van der Waals surface area contributed by atoms with Gasteiger partial charge in [0.15, 0.2) is 5.96 Å². The van der Waals surface area contributed by atoms with Crippen LogP contribution in [0, 0.1) is 5.92 Å². The van der Waals surface area contributed by atoms with Crippen LogP contribution in [0.3, 0.4) is 0 Å². The summed E-state index contributed by atoms with van der Waals surface area (Å²) in [6.45, 7) is 8.93. The Kier molecular flexibility index (Phi) is 8.41. The van der Waals surface area contributed by atoms with Crippen molar-refractivity contribution in [1.82, 2.24) is 20.9 Å². The van der Waals surface area contributed by atoms with Crippen LogP contribution in [-0.4, -0.2) is 50.0 Å². The maximum atomic E-state index is 11.6. The van der Waals surface area contributed by atoms with Crippen LogP contribution >= 0.6 is 0 Å². The van der Waals surface area contributed by atoms with Crippen molar-refractivity contribution in [1.29, 1.82) is 0 Å². The Hall–Kier alpha value is -2.08. The molecule has 6 nitrogen and oxygen atoms in total. The smallest absolute Gasteiger partial charge is 0.223 e. The first-order valence-corrected chi connectivity index (χ1v) is 9.68. The van der Waals surface area contributed by atoms with Crippen molar-refractivity contribution >= 4 is 11.9 Å². The molecule has 0 spiro atoms. The van der Waals surface area contributed by atoms with E-state index in [0.29, 0.717) is 19.6 Å². The summed E-state index contributed by atoms with van der Waals surface area (Å²) in [6, 6.07) is 8.58. The zero-order chi connectivity index (χ0) is 18.8. The molecule has 6 heteroatoms. The van der Waals surface area contributed by atoms with E-state index in [1.807, 2.05) is 6.92 Å². The largest absolute Gasteiger partial charge is 0.357 e. The topological polar surface area (TPSA) is 68.8 Å². The molecule has 144 valence electrons. The summed E-state index contributed by atoms with van der Waals surface area (Å²) in [5, 5.41) is 9.49. The standard InChI is InChI=1S/C20H33N5O/c1-4-21-20(23-12-11-22-19(26)18-9-10-18)24-14-16-7-6-8-17(13-16)15-25(3)5-2/h6-8,13,18H,4-5,9-12,14-15H2,1-3H3,(H,22,26)(H2,21,23,24). The van der Waals surface area contributed by atoms with Crippen molar-refractivity contribution in [2.24, 2.45) is 10.9 Å². The van der Waals surface area contributed by atoms with Crippen LogP contribution in [0.15, 0.2) is 29.3 Å². The van der Waals surface area contributed by atoms with Gasteiger partial charge in [0.1, 0.15) is 0 Å². The second kappa shape index (κ2) is 10.8. The molecular weight excluding hydrogens is 326 g/mol. The van der Waals surface area contributed by atoms with Crippen molar-refractivity contribution in [3.8, 4) is 0 Å². The minimum absolute atomic E-state index is 0.183. The third kappa shape index (κ3) is 7.44. The van der Waals surface area contributed by atoms with E-state index in [-0.39, 0.29) is 11.8 Å². The van der Waals surface area contributed by atoms with E-state index in [0.717, 1.165) is 38.4 Å². The number of hydrogen-bond acceptors (Lipinski definition) is 3. The average molecular weight is 360 g/mol. The lowest BCUT2D eigenvalue weighted by Gasteiger charge is -2.14. The van der Waals surface area contributed by atoms with Gasteiger partial charge in [-0.3, -0.25) is 4.79 Å². The monoisotopic (exact) mass is 359 g/mol. The van der Waals surface area contributed by atoms with Gasteiger partial charge in [-0.25, -0.2) is 4.99 Å². The third-order valence-corrected chi connectivity index (χ3v) is 4.41. The number of aliphatic imine (C=N–C) groups is 1. The molecule has 1 aromatic rings. The Morgan fingerprint density at radius 1 is 1.15 bits per heavy atom. The first-order valence-electron chi connectivity index (χ1n) is 9.68. The second-order valence-corrected chi connectivity index (χ2v) is 6.84. The van der Waals surface area contributed by atoms with Crippen LogP contribution in [0.4, 0.5) is 0 Å². The fourth-order valence-electron chi connectivity index (χ4n) is 2.62. The number of carbonyl (C=O) groups excluding carboxylic acids is 1. The summed E-state index contributed by atoms with van der Waals surface area (Å²) in [7, 11) is 2.13. The van der Waals surface area contributed by atoms with Gasteiger partial charge in [0.25, 0.3) is 0 Å². The first kappa shape index (κ1) is 20.2. The zero-order valence-electron chi connectivity index (χ0n) is 16.3. The molecule has 0 unspecified atom stereocenters. The normalized spacial score (nSPS) is 14.4. The summed E-state index contributed by atoms with van der Waals surface area (Å²) in [6.07, 6.45) is 2.08. The molecule has 0 bridgehead atoms. The highest BCUT2D eigenvalue weighted by Gasteiger charge is 2.28. The van der Waals surface area contributed by atoms with Crippen LogP contribution in [0.25, 0.3) is 0 Å². The molecule has 2 rings (SSSR count). The van der Waals surface area contributed by atoms with Crippen molar-refractivity contribution < 1.29 is 4.79 Å². The second-order valence-electron chi connectivity index (χ2n) is 6.84. The molecular formula is C20H33N5O. The van der Waals surface area contributed by atoms with Gasteiger partial charge in [-0.15, -0.1) is 0 Å². The van der Waals surface area contributed by atoms with Crippen LogP contribution in [0.5, 0.6) is 0 Å². The van der Waals surface area contributed by atoms with Crippen molar-refractivity contribution in [2.75, 3.05) is 33.2 Å². The molecule has 0 saturated heterocycles. The predicted octanol–water partition coefficient (Wildman–Crippen LogP) is 1.72. The van der Waals surface area contributed by atoms with Crippen LogP contribution in [0.1, 0.15) is 37.8 Å².